The Morgan fingerprint density at radius 2 is 1.22 bits per heavy atom. The molecule has 3 nitrogen and oxygen atoms in total. The Balaban J connectivity index is 1.35. The van der Waals surface area contributed by atoms with Crippen molar-refractivity contribution in [3.63, 3.8) is 0 Å². The maximum Gasteiger partial charge on any atom is 0.168 e. The van der Waals surface area contributed by atoms with Crippen LogP contribution >= 0.6 is 0 Å². The van der Waals surface area contributed by atoms with E-state index in [4.69, 9.17) is 10.2 Å². The van der Waals surface area contributed by atoms with Crippen molar-refractivity contribution in [2.45, 2.75) is 96.8 Å². The minimum atomic E-state index is -0.182. The monoisotopic (exact) mass is 657 g/mol. The van der Waals surface area contributed by atoms with Crippen LogP contribution in [0.3, 0.4) is 0 Å². The van der Waals surface area contributed by atoms with Gasteiger partial charge in [0, 0.05) is 16.4 Å². The third kappa shape index (κ3) is 6.02. The first-order valence-electron chi connectivity index (χ1n) is 18.8. The van der Waals surface area contributed by atoms with E-state index in [0.29, 0.717) is 0 Å². The Bertz CT molecular complexity index is 2050. The van der Waals surface area contributed by atoms with Gasteiger partial charge in [-0.15, -0.1) is 10.2 Å². The molecule has 5 aromatic carbocycles. The highest BCUT2D eigenvalue weighted by molar-refractivity contribution is 5.84. The van der Waals surface area contributed by atoms with Crippen molar-refractivity contribution in [3.05, 3.63) is 149 Å². The highest BCUT2D eigenvalue weighted by Crippen LogP contribution is 2.55. The molecule has 0 fully saturated rings. The van der Waals surface area contributed by atoms with E-state index in [2.05, 4.69) is 161 Å². The molecule has 0 bridgehead atoms. The molecule has 6 aromatic rings. The SMILES string of the molecule is CCCCCCC1(c2cccc(-c3cccc(-c4nnc(C(C)(C)CCCC)n4-c4ccccc4C)c3)c2)c2ccccc2-c2ccccc21. The quantitative estimate of drug-likeness (QED) is 0.116. The van der Waals surface area contributed by atoms with Crippen LogP contribution in [0.5, 0.6) is 0 Å². The molecule has 1 aliphatic carbocycles. The molecule has 50 heavy (non-hydrogen) atoms. The molecule has 0 aliphatic heterocycles. The van der Waals surface area contributed by atoms with Gasteiger partial charge in [-0.3, -0.25) is 4.57 Å². The van der Waals surface area contributed by atoms with Crippen LogP contribution in [0.2, 0.25) is 0 Å². The molecule has 3 heteroatoms. The van der Waals surface area contributed by atoms with Crippen molar-refractivity contribution in [1.29, 1.82) is 0 Å². The standard InChI is InChI=1S/C47H51N3/c1-6-8-10-17-31-47(41-27-14-12-25-39(41)40-26-13-15-28-42(40)47)38-24-19-22-36(33-38)35-21-18-23-37(32-35)44-48-49-45(46(4,5)30-9-7-2)50(44)43-29-16-11-20-34(43)3/h11-16,18-29,32-33H,6-10,17,30-31H2,1-5H3. The number of rotatable bonds is 13. The van der Waals surface area contributed by atoms with Gasteiger partial charge in [-0.2, -0.15) is 0 Å². The van der Waals surface area contributed by atoms with Crippen molar-refractivity contribution in [1.82, 2.24) is 14.8 Å². The Morgan fingerprint density at radius 3 is 1.92 bits per heavy atom. The Hall–Kier alpha value is -4.76. The molecular weight excluding hydrogens is 607 g/mol. The minimum Gasteiger partial charge on any atom is -0.278 e. The van der Waals surface area contributed by atoms with E-state index in [9.17, 15) is 0 Å². The minimum absolute atomic E-state index is 0.116. The number of fused-ring (bicyclic) bond motifs is 3. The lowest BCUT2D eigenvalue weighted by Gasteiger charge is -2.33. The van der Waals surface area contributed by atoms with Gasteiger partial charge in [-0.25, -0.2) is 0 Å². The van der Waals surface area contributed by atoms with Gasteiger partial charge in [0.2, 0.25) is 0 Å². The second-order valence-corrected chi connectivity index (χ2v) is 14.9. The average molecular weight is 658 g/mol. The zero-order chi connectivity index (χ0) is 34.7. The van der Waals surface area contributed by atoms with Crippen molar-refractivity contribution >= 4 is 0 Å². The molecular formula is C47H51N3. The van der Waals surface area contributed by atoms with Crippen LogP contribution in [-0.2, 0) is 10.8 Å². The largest absolute Gasteiger partial charge is 0.278 e. The van der Waals surface area contributed by atoms with Crippen LogP contribution in [-0.4, -0.2) is 14.8 Å². The molecule has 0 radical (unpaired) electrons. The van der Waals surface area contributed by atoms with Gasteiger partial charge in [0.05, 0.1) is 5.69 Å². The lowest BCUT2D eigenvalue weighted by molar-refractivity contribution is 0.425. The van der Waals surface area contributed by atoms with E-state index in [-0.39, 0.29) is 10.8 Å². The normalized spacial score (nSPS) is 13.3. The molecule has 1 aromatic heterocycles. The summed E-state index contributed by atoms with van der Waals surface area (Å²) in [6, 6.07) is 45.1. The summed E-state index contributed by atoms with van der Waals surface area (Å²) >= 11 is 0. The van der Waals surface area contributed by atoms with Gasteiger partial charge in [0.1, 0.15) is 5.82 Å². The molecule has 0 unspecified atom stereocenters. The topological polar surface area (TPSA) is 30.7 Å². The fourth-order valence-electron chi connectivity index (χ4n) is 8.35. The summed E-state index contributed by atoms with van der Waals surface area (Å²) in [5.74, 6) is 1.91. The van der Waals surface area contributed by atoms with E-state index in [1.165, 1.54) is 70.2 Å². The Labute approximate surface area is 299 Å². The van der Waals surface area contributed by atoms with Crippen LogP contribution < -0.4 is 0 Å². The van der Waals surface area contributed by atoms with Gasteiger partial charge in [0.25, 0.3) is 0 Å². The first-order chi connectivity index (χ1) is 24.4. The van der Waals surface area contributed by atoms with Gasteiger partial charge >= 0.3 is 0 Å². The first-order valence-corrected chi connectivity index (χ1v) is 18.8. The van der Waals surface area contributed by atoms with E-state index in [0.717, 1.165) is 48.6 Å². The number of aromatic nitrogens is 3. The molecule has 1 aliphatic rings. The van der Waals surface area contributed by atoms with E-state index in [1.807, 2.05) is 0 Å². The summed E-state index contributed by atoms with van der Waals surface area (Å²) in [5, 5.41) is 9.83. The van der Waals surface area contributed by atoms with Crippen molar-refractivity contribution in [2.24, 2.45) is 0 Å². The summed E-state index contributed by atoms with van der Waals surface area (Å²) in [6.45, 7) is 11.4. The fourth-order valence-corrected chi connectivity index (χ4v) is 8.35. The Morgan fingerprint density at radius 1 is 0.600 bits per heavy atom. The third-order valence-corrected chi connectivity index (χ3v) is 11.1. The van der Waals surface area contributed by atoms with Gasteiger partial charge in [-0.05, 0) is 82.5 Å². The first kappa shape index (κ1) is 33.7. The summed E-state index contributed by atoms with van der Waals surface area (Å²) in [4.78, 5) is 0. The van der Waals surface area contributed by atoms with E-state index >= 15 is 0 Å². The van der Waals surface area contributed by atoms with Gasteiger partial charge < -0.3 is 0 Å². The zero-order valence-corrected chi connectivity index (χ0v) is 30.5. The van der Waals surface area contributed by atoms with Crippen LogP contribution in [0.1, 0.15) is 107 Å². The Kier molecular flexibility index (Phi) is 9.60. The molecule has 7 rings (SSSR count). The molecule has 1 heterocycles. The maximum absolute atomic E-state index is 4.92. The highest BCUT2D eigenvalue weighted by atomic mass is 15.3. The summed E-state index contributed by atoms with van der Waals surface area (Å²) in [5.41, 5.74) is 12.5. The molecule has 0 saturated carbocycles. The summed E-state index contributed by atoms with van der Waals surface area (Å²) in [7, 11) is 0. The maximum atomic E-state index is 4.92. The molecule has 0 atom stereocenters. The molecule has 0 spiro atoms. The molecule has 0 saturated heterocycles. The van der Waals surface area contributed by atoms with Gasteiger partial charge in [-0.1, -0.05) is 169 Å². The van der Waals surface area contributed by atoms with Crippen molar-refractivity contribution in [2.75, 3.05) is 0 Å². The number of hydrogen-bond donors (Lipinski definition) is 0. The number of benzene rings is 5. The third-order valence-electron chi connectivity index (χ3n) is 11.1. The number of hydrogen-bond acceptors (Lipinski definition) is 2. The van der Waals surface area contributed by atoms with Crippen LogP contribution in [0.15, 0.2) is 121 Å². The van der Waals surface area contributed by atoms with Crippen LogP contribution in [0, 0.1) is 6.92 Å². The molecule has 254 valence electrons. The number of unbranched alkanes of at least 4 members (excludes halogenated alkanes) is 4. The number of aryl methyl sites for hydroxylation is 1. The van der Waals surface area contributed by atoms with Crippen molar-refractivity contribution < 1.29 is 0 Å². The lowest BCUT2D eigenvalue weighted by atomic mass is 9.69. The number of nitrogens with zero attached hydrogens (tertiary/aromatic N) is 3. The average Bonchev–Trinajstić information content (AvgIpc) is 3.72. The van der Waals surface area contributed by atoms with Crippen molar-refractivity contribution in [3.8, 4) is 39.3 Å². The fraction of sp³-hybridized carbons (Fsp3) is 0.319. The predicted octanol–water partition coefficient (Wildman–Crippen LogP) is 12.7. The molecule has 0 N–H and O–H groups in total. The zero-order valence-electron chi connectivity index (χ0n) is 30.5. The van der Waals surface area contributed by atoms with Crippen LogP contribution in [0.4, 0.5) is 0 Å². The lowest BCUT2D eigenvalue weighted by Crippen LogP contribution is -2.27. The van der Waals surface area contributed by atoms with E-state index in [1.54, 1.807) is 0 Å². The summed E-state index contributed by atoms with van der Waals surface area (Å²) in [6.07, 6.45) is 9.44. The second kappa shape index (κ2) is 14.2. The smallest absolute Gasteiger partial charge is 0.168 e. The summed E-state index contributed by atoms with van der Waals surface area (Å²) < 4.78 is 2.32. The predicted molar refractivity (Wildman–Crippen MR) is 210 cm³/mol. The number of para-hydroxylation sites is 1. The van der Waals surface area contributed by atoms with Gasteiger partial charge in [0.15, 0.2) is 5.82 Å². The molecule has 0 amide bonds. The van der Waals surface area contributed by atoms with E-state index < -0.39 is 0 Å². The van der Waals surface area contributed by atoms with Crippen LogP contribution in [0.25, 0.3) is 39.3 Å². The second-order valence-electron chi connectivity index (χ2n) is 14.9. The highest BCUT2D eigenvalue weighted by Gasteiger charge is 2.44.